The van der Waals surface area contributed by atoms with Gasteiger partial charge in [0, 0.05) is 16.6 Å². The molecular formula is C15H11BrFNO2. The van der Waals surface area contributed by atoms with Crippen molar-refractivity contribution in [1.29, 1.82) is 0 Å². The van der Waals surface area contributed by atoms with Crippen molar-refractivity contribution >= 4 is 27.5 Å². The lowest BCUT2D eigenvalue weighted by molar-refractivity contribution is 0.102. The fourth-order valence-corrected chi connectivity index (χ4v) is 2.50. The molecule has 2 aromatic carbocycles. The second kappa shape index (κ2) is 5.25. The Balaban J connectivity index is 1.84. The number of halogens is 2. The van der Waals surface area contributed by atoms with Gasteiger partial charge < -0.3 is 10.1 Å². The highest BCUT2D eigenvalue weighted by molar-refractivity contribution is 9.10. The van der Waals surface area contributed by atoms with Crippen molar-refractivity contribution in [3.63, 3.8) is 0 Å². The number of rotatable bonds is 2. The van der Waals surface area contributed by atoms with Gasteiger partial charge in [0.2, 0.25) is 0 Å². The number of carbonyl (C=O) groups excluding carboxylic acids is 1. The third-order valence-corrected chi connectivity index (χ3v) is 3.61. The fraction of sp³-hybridized carbons (Fsp3) is 0.133. The molecule has 3 nitrogen and oxygen atoms in total. The summed E-state index contributed by atoms with van der Waals surface area (Å²) in [4.78, 5) is 12.1. The van der Waals surface area contributed by atoms with Gasteiger partial charge in [-0.2, -0.15) is 0 Å². The Bertz CT molecular complexity index is 688. The zero-order valence-corrected chi connectivity index (χ0v) is 12.0. The number of fused-ring (bicyclic) bond motifs is 1. The average Bonchev–Trinajstić information content (AvgIpc) is 2.89. The molecule has 1 heterocycles. The van der Waals surface area contributed by atoms with E-state index in [1.165, 1.54) is 12.1 Å². The number of nitrogens with one attached hydrogen (secondary N) is 1. The average molecular weight is 336 g/mol. The SMILES string of the molecule is O=C(Nc1ccc2c(c1)CCO2)c1cc(Br)ccc1F. The third kappa shape index (κ3) is 2.54. The molecule has 2 aromatic rings. The summed E-state index contributed by atoms with van der Waals surface area (Å²) >= 11 is 3.23. The van der Waals surface area contributed by atoms with Gasteiger partial charge >= 0.3 is 0 Å². The lowest BCUT2D eigenvalue weighted by Gasteiger charge is -2.08. The first-order chi connectivity index (χ1) is 9.63. The number of amides is 1. The van der Waals surface area contributed by atoms with Crippen molar-refractivity contribution in [3.05, 3.63) is 57.8 Å². The van der Waals surface area contributed by atoms with Crippen molar-refractivity contribution < 1.29 is 13.9 Å². The molecule has 1 aliphatic heterocycles. The van der Waals surface area contributed by atoms with E-state index in [4.69, 9.17) is 4.74 Å². The molecular weight excluding hydrogens is 325 g/mol. The van der Waals surface area contributed by atoms with Crippen molar-refractivity contribution in [3.8, 4) is 5.75 Å². The molecule has 0 aromatic heterocycles. The van der Waals surface area contributed by atoms with Crippen LogP contribution >= 0.6 is 15.9 Å². The van der Waals surface area contributed by atoms with E-state index in [1.807, 2.05) is 12.1 Å². The normalized spacial score (nSPS) is 12.7. The Morgan fingerprint density at radius 3 is 2.95 bits per heavy atom. The Labute approximate surface area is 123 Å². The van der Waals surface area contributed by atoms with Crippen LogP contribution in [0.2, 0.25) is 0 Å². The molecule has 3 rings (SSSR count). The van der Waals surface area contributed by atoms with Crippen LogP contribution in [0.4, 0.5) is 10.1 Å². The molecule has 0 radical (unpaired) electrons. The number of carbonyl (C=O) groups is 1. The van der Waals surface area contributed by atoms with Crippen molar-refractivity contribution in [2.45, 2.75) is 6.42 Å². The van der Waals surface area contributed by atoms with Gasteiger partial charge in [-0.05, 0) is 42.0 Å². The summed E-state index contributed by atoms with van der Waals surface area (Å²) in [6.07, 6.45) is 0.824. The summed E-state index contributed by atoms with van der Waals surface area (Å²) in [6, 6.07) is 9.69. The largest absolute Gasteiger partial charge is 0.493 e. The van der Waals surface area contributed by atoms with E-state index >= 15 is 0 Å². The summed E-state index contributed by atoms with van der Waals surface area (Å²) in [5.41, 5.74) is 1.70. The van der Waals surface area contributed by atoms with Gasteiger partial charge in [0.05, 0.1) is 12.2 Å². The maximum Gasteiger partial charge on any atom is 0.258 e. The van der Waals surface area contributed by atoms with Gasteiger partial charge in [-0.25, -0.2) is 4.39 Å². The molecule has 0 unspecified atom stereocenters. The smallest absolute Gasteiger partial charge is 0.258 e. The lowest BCUT2D eigenvalue weighted by atomic mass is 10.1. The highest BCUT2D eigenvalue weighted by Gasteiger charge is 2.15. The Hall–Kier alpha value is -1.88. The van der Waals surface area contributed by atoms with E-state index in [0.717, 1.165) is 17.7 Å². The first-order valence-corrected chi connectivity index (χ1v) is 6.95. The van der Waals surface area contributed by atoms with Crippen molar-refractivity contribution in [2.75, 3.05) is 11.9 Å². The summed E-state index contributed by atoms with van der Waals surface area (Å²) in [5, 5.41) is 2.70. The molecule has 0 saturated heterocycles. The van der Waals surface area contributed by atoms with Crippen LogP contribution < -0.4 is 10.1 Å². The first kappa shape index (κ1) is 13.1. The second-order valence-electron chi connectivity index (χ2n) is 4.50. The van der Waals surface area contributed by atoms with Crippen molar-refractivity contribution in [1.82, 2.24) is 0 Å². The first-order valence-electron chi connectivity index (χ1n) is 6.15. The van der Waals surface area contributed by atoms with E-state index in [-0.39, 0.29) is 5.56 Å². The molecule has 0 aliphatic carbocycles. The summed E-state index contributed by atoms with van der Waals surface area (Å²) in [6.45, 7) is 0.660. The van der Waals surface area contributed by atoms with Crippen LogP contribution in [0, 0.1) is 5.82 Å². The molecule has 1 N–H and O–H groups in total. The molecule has 1 aliphatic rings. The lowest BCUT2D eigenvalue weighted by Crippen LogP contribution is -2.13. The predicted molar refractivity (Wildman–Crippen MR) is 77.7 cm³/mol. The number of hydrogen-bond donors (Lipinski definition) is 1. The van der Waals surface area contributed by atoms with Crippen LogP contribution in [-0.4, -0.2) is 12.5 Å². The molecule has 0 fully saturated rings. The van der Waals surface area contributed by atoms with Gasteiger partial charge in [0.1, 0.15) is 11.6 Å². The van der Waals surface area contributed by atoms with Gasteiger partial charge in [-0.3, -0.25) is 4.79 Å². The van der Waals surface area contributed by atoms with E-state index in [2.05, 4.69) is 21.2 Å². The highest BCUT2D eigenvalue weighted by Crippen LogP contribution is 2.28. The predicted octanol–water partition coefficient (Wildman–Crippen LogP) is 3.78. The molecule has 0 saturated carbocycles. The summed E-state index contributed by atoms with van der Waals surface area (Å²) in [7, 11) is 0. The second-order valence-corrected chi connectivity index (χ2v) is 5.41. The Kier molecular flexibility index (Phi) is 3.44. The van der Waals surface area contributed by atoms with Crippen LogP contribution in [0.1, 0.15) is 15.9 Å². The van der Waals surface area contributed by atoms with E-state index < -0.39 is 11.7 Å². The zero-order chi connectivity index (χ0) is 14.1. The Morgan fingerprint density at radius 2 is 2.10 bits per heavy atom. The molecule has 0 bridgehead atoms. The molecule has 102 valence electrons. The maximum absolute atomic E-state index is 13.6. The Morgan fingerprint density at radius 1 is 1.25 bits per heavy atom. The number of hydrogen-bond acceptors (Lipinski definition) is 2. The summed E-state index contributed by atoms with van der Waals surface area (Å²) in [5.74, 6) is -0.172. The molecule has 0 atom stereocenters. The van der Waals surface area contributed by atoms with Crippen LogP contribution in [0.15, 0.2) is 40.9 Å². The van der Waals surface area contributed by atoms with E-state index in [0.29, 0.717) is 16.8 Å². The van der Waals surface area contributed by atoms with Crippen LogP contribution in [0.5, 0.6) is 5.75 Å². The highest BCUT2D eigenvalue weighted by atomic mass is 79.9. The standard InChI is InChI=1S/C15H11BrFNO2/c16-10-1-3-13(17)12(8-10)15(19)18-11-2-4-14-9(7-11)5-6-20-14/h1-4,7-8H,5-6H2,(H,18,19). The van der Waals surface area contributed by atoms with Gasteiger partial charge in [0.15, 0.2) is 0 Å². The van der Waals surface area contributed by atoms with Crippen molar-refractivity contribution in [2.24, 2.45) is 0 Å². The third-order valence-electron chi connectivity index (χ3n) is 3.12. The molecule has 20 heavy (non-hydrogen) atoms. The van der Waals surface area contributed by atoms with E-state index in [9.17, 15) is 9.18 Å². The van der Waals surface area contributed by atoms with Gasteiger partial charge in [0.25, 0.3) is 5.91 Å². The number of benzene rings is 2. The number of anilines is 1. The monoisotopic (exact) mass is 335 g/mol. The fourth-order valence-electron chi connectivity index (χ4n) is 2.13. The van der Waals surface area contributed by atoms with Crippen LogP contribution in [0.3, 0.4) is 0 Å². The maximum atomic E-state index is 13.6. The van der Waals surface area contributed by atoms with Crippen LogP contribution in [-0.2, 0) is 6.42 Å². The van der Waals surface area contributed by atoms with E-state index in [1.54, 1.807) is 12.1 Å². The minimum Gasteiger partial charge on any atom is -0.493 e. The number of ether oxygens (including phenoxy) is 1. The van der Waals surface area contributed by atoms with Gasteiger partial charge in [-0.15, -0.1) is 0 Å². The minimum atomic E-state index is -0.546. The summed E-state index contributed by atoms with van der Waals surface area (Å²) < 4.78 is 19.7. The molecule has 5 heteroatoms. The van der Waals surface area contributed by atoms with Crippen LogP contribution in [0.25, 0.3) is 0 Å². The zero-order valence-electron chi connectivity index (χ0n) is 10.5. The van der Waals surface area contributed by atoms with Gasteiger partial charge in [-0.1, -0.05) is 15.9 Å². The topological polar surface area (TPSA) is 38.3 Å². The quantitative estimate of drug-likeness (QED) is 0.907. The molecule has 1 amide bonds. The minimum absolute atomic E-state index is 0.0103. The molecule has 0 spiro atoms.